The van der Waals surface area contributed by atoms with Crippen LogP contribution in [0.2, 0.25) is 0 Å². The standard InChI is InChI=1S/C18H27F3N2O/c1-12-16(19)10-17(20)15(18(12)21)11-23-8-4-14(5-9-23)24-13-2-6-22-7-3-13/h10,12-14,16,22H,2-9,11H2,1H3. The molecule has 24 heavy (non-hydrogen) atoms. The second-order valence-electron chi connectivity index (χ2n) is 7.14. The van der Waals surface area contributed by atoms with Crippen LogP contribution in [0.3, 0.4) is 0 Å². The van der Waals surface area contributed by atoms with Gasteiger partial charge < -0.3 is 10.1 Å². The lowest BCUT2D eigenvalue weighted by molar-refractivity contribution is -0.0522. The topological polar surface area (TPSA) is 24.5 Å². The van der Waals surface area contributed by atoms with Crippen LogP contribution in [0, 0.1) is 5.92 Å². The molecule has 0 spiro atoms. The molecule has 0 amide bonds. The third kappa shape index (κ3) is 4.21. The first-order valence-corrected chi connectivity index (χ1v) is 9.03. The van der Waals surface area contributed by atoms with Crippen LogP contribution < -0.4 is 5.32 Å². The molecule has 0 radical (unpaired) electrons. The van der Waals surface area contributed by atoms with E-state index in [4.69, 9.17) is 4.74 Å². The van der Waals surface area contributed by atoms with Gasteiger partial charge in [0.05, 0.1) is 12.2 Å². The molecule has 2 saturated heterocycles. The van der Waals surface area contributed by atoms with E-state index in [1.807, 2.05) is 4.90 Å². The number of allylic oxidation sites excluding steroid dienone is 2. The van der Waals surface area contributed by atoms with E-state index in [0.717, 1.165) is 57.9 Å². The van der Waals surface area contributed by atoms with Crippen LogP contribution in [0.5, 0.6) is 0 Å². The Morgan fingerprint density at radius 3 is 2.42 bits per heavy atom. The molecule has 0 saturated carbocycles. The number of hydrogen-bond acceptors (Lipinski definition) is 3. The molecule has 1 aliphatic carbocycles. The van der Waals surface area contributed by atoms with Gasteiger partial charge >= 0.3 is 0 Å². The molecule has 0 bridgehead atoms. The first-order valence-electron chi connectivity index (χ1n) is 9.03. The normalized spacial score (nSPS) is 31.4. The van der Waals surface area contributed by atoms with E-state index in [1.165, 1.54) is 6.92 Å². The van der Waals surface area contributed by atoms with Gasteiger partial charge in [0.25, 0.3) is 0 Å². The maximum absolute atomic E-state index is 14.2. The summed E-state index contributed by atoms with van der Waals surface area (Å²) in [7, 11) is 0. The highest BCUT2D eigenvalue weighted by Crippen LogP contribution is 2.34. The molecule has 0 aromatic rings. The minimum absolute atomic E-state index is 0.0223. The Morgan fingerprint density at radius 1 is 1.12 bits per heavy atom. The fraction of sp³-hybridized carbons (Fsp3) is 0.778. The molecular weight excluding hydrogens is 317 g/mol. The number of hydrogen-bond donors (Lipinski definition) is 1. The van der Waals surface area contributed by atoms with E-state index in [-0.39, 0.29) is 18.2 Å². The largest absolute Gasteiger partial charge is 0.375 e. The average molecular weight is 344 g/mol. The number of nitrogens with one attached hydrogen (secondary N) is 1. The first kappa shape index (κ1) is 18.0. The Morgan fingerprint density at radius 2 is 1.75 bits per heavy atom. The summed E-state index contributed by atoms with van der Waals surface area (Å²) < 4.78 is 47.7. The number of ether oxygens (including phenoxy) is 1. The van der Waals surface area contributed by atoms with E-state index < -0.39 is 23.7 Å². The summed E-state index contributed by atoms with van der Waals surface area (Å²) >= 11 is 0. The molecule has 0 aromatic heterocycles. The van der Waals surface area contributed by atoms with Gasteiger partial charge in [0.1, 0.15) is 17.8 Å². The second-order valence-corrected chi connectivity index (χ2v) is 7.14. The molecule has 2 aliphatic heterocycles. The van der Waals surface area contributed by atoms with E-state index in [1.54, 1.807) is 0 Å². The molecule has 2 fully saturated rings. The SMILES string of the molecule is CC1C(F)=C(CN2CCC(OC3CCNCC3)CC2)C(F)=CC1F. The fourth-order valence-electron chi connectivity index (χ4n) is 3.70. The maximum atomic E-state index is 14.2. The molecule has 3 rings (SSSR count). The Bertz CT molecular complexity index is 494. The van der Waals surface area contributed by atoms with Gasteiger partial charge in [-0.05, 0) is 44.8 Å². The highest BCUT2D eigenvalue weighted by Gasteiger charge is 2.31. The van der Waals surface area contributed by atoms with E-state index in [0.29, 0.717) is 6.10 Å². The minimum Gasteiger partial charge on any atom is -0.375 e. The Balaban J connectivity index is 1.49. The second kappa shape index (κ2) is 8.02. The van der Waals surface area contributed by atoms with Crippen molar-refractivity contribution in [3.05, 3.63) is 23.3 Å². The minimum atomic E-state index is -1.57. The highest BCUT2D eigenvalue weighted by atomic mass is 19.2. The number of halogens is 3. The summed E-state index contributed by atoms with van der Waals surface area (Å²) in [4.78, 5) is 2.04. The van der Waals surface area contributed by atoms with Gasteiger partial charge in [0.15, 0.2) is 0 Å². The zero-order valence-electron chi connectivity index (χ0n) is 14.2. The van der Waals surface area contributed by atoms with Gasteiger partial charge in [-0.15, -0.1) is 0 Å². The van der Waals surface area contributed by atoms with Crippen molar-refractivity contribution in [3.8, 4) is 0 Å². The number of nitrogens with zero attached hydrogens (tertiary/aromatic N) is 1. The Labute approximate surface area is 141 Å². The number of likely N-dealkylation sites (tertiary alicyclic amines) is 1. The third-order valence-corrected chi connectivity index (χ3v) is 5.35. The molecule has 3 nitrogen and oxygen atoms in total. The van der Waals surface area contributed by atoms with Crippen LogP contribution in [0.25, 0.3) is 0 Å². The van der Waals surface area contributed by atoms with Crippen LogP contribution in [-0.2, 0) is 4.74 Å². The van der Waals surface area contributed by atoms with Crippen LogP contribution in [0.15, 0.2) is 23.3 Å². The molecule has 2 atom stereocenters. The maximum Gasteiger partial charge on any atom is 0.130 e. The lowest BCUT2D eigenvalue weighted by Gasteiger charge is -2.35. The van der Waals surface area contributed by atoms with Crippen molar-refractivity contribution >= 4 is 0 Å². The van der Waals surface area contributed by atoms with Crippen molar-refractivity contribution in [1.82, 2.24) is 10.2 Å². The summed E-state index contributed by atoms with van der Waals surface area (Å²) in [5.41, 5.74) is 0.0223. The quantitative estimate of drug-likeness (QED) is 0.847. The molecule has 6 heteroatoms. The predicted molar refractivity (Wildman–Crippen MR) is 87.8 cm³/mol. The van der Waals surface area contributed by atoms with Crippen LogP contribution >= 0.6 is 0 Å². The van der Waals surface area contributed by atoms with Crippen molar-refractivity contribution < 1.29 is 17.9 Å². The van der Waals surface area contributed by atoms with Crippen molar-refractivity contribution in [1.29, 1.82) is 0 Å². The lowest BCUT2D eigenvalue weighted by Crippen LogP contribution is -2.41. The van der Waals surface area contributed by atoms with Crippen molar-refractivity contribution in [2.45, 2.75) is 51.0 Å². The predicted octanol–water partition coefficient (Wildman–Crippen LogP) is 3.28. The van der Waals surface area contributed by atoms with Crippen molar-refractivity contribution in [2.75, 3.05) is 32.7 Å². The molecule has 3 aliphatic rings. The van der Waals surface area contributed by atoms with Gasteiger partial charge in [-0.25, -0.2) is 13.2 Å². The van der Waals surface area contributed by atoms with Gasteiger partial charge in [-0.3, -0.25) is 4.90 Å². The van der Waals surface area contributed by atoms with Crippen LogP contribution in [0.1, 0.15) is 32.6 Å². The lowest BCUT2D eigenvalue weighted by atomic mass is 9.93. The first-order chi connectivity index (χ1) is 11.5. The van der Waals surface area contributed by atoms with Crippen LogP contribution in [-0.4, -0.2) is 56.0 Å². The van der Waals surface area contributed by atoms with Crippen LogP contribution in [0.4, 0.5) is 13.2 Å². The van der Waals surface area contributed by atoms with Crippen molar-refractivity contribution in [3.63, 3.8) is 0 Å². The highest BCUT2D eigenvalue weighted by molar-refractivity contribution is 5.36. The van der Waals surface area contributed by atoms with Gasteiger partial charge in [-0.2, -0.15) is 0 Å². The molecule has 1 N–H and O–H groups in total. The molecule has 136 valence electrons. The zero-order valence-corrected chi connectivity index (χ0v) is 14.2. The summed E-state index contributed by atoms with van der Waals surface area (Å²) in [5.74, 6) is -2.28. The molecular formula is C18H27F3N2O. The third-order valence-electron chi connectivity index (χ3n) is 5.35. The number of rotatable bonds is 4. The van der Waals surface area contributed by atoms with E-state index >= 15 is 0 Å². The summed E-state index contributed by atoms with van der Waals surface area (Å²) in [5, 5.41) is 3.32. The molecule has 2 unspecified atom stereocenters. The Hall–Kier alpha value is -0.850. The van der Waals surface area contributed by atoms with Gasteiger partial charge in [0.2, 0.25) is 0 Å². The van der Waals surface area contributed by atoms with E-state index in [9.17, 15) is 13.2 Å². The van der Waals surface area contributed by atoms with Crippen molar-refractivity contribution in [2.24, 2.45) is 5.92 Å². The molecule has 0 aromatic carbocycles. The van der Waals surface area contributed by atoms with E-state index in [2.05, 4.69) is 5.32 Å². The van der Waals surface area contributed by atoms with Gasteiger partial charge in [-0.1, -0.05) is 6.92 Å². The zero-order chi connectivity index (χ0) is 17.1. The smallest absolute Gasteiger partial charge is 0.130 e. The van der Waals surface area contributed by atoms with Gasteiger partial charge in [0, 0.05) is 31.1 Å². The summed E-state index contributed by atoms with van der Waals surface area (Å²) in [6, 6.07) is 0. The summed E-state index contributed by atoms with van der Waals surface area (Å²) in [6.45, 7) is 5.21. The number of piperidine rings is 2. The fourth-order valence-corrected chi connectivity index (χ4v) is 3.70. The summed E-state index contributed by atoms with van der Waals surface area (Å²) in [6.07, 6.45) is 3.77. The number of alkyl halides is 1. The molecule has 2 heterocycles. The average Bonchev–Trinajstić information content (AvgIpc) is 2.59. The Kier molecular flexibility index (Phi) is 6.00. The monoisotopic (exact) mass is 344 g/mol.